The highest BCUT2D eigenvalue weighted by Crippen LogP contribution is 2.32. The average molecular weight is 299 g/mol. The zero-order valence-corrected chi connectivity index (χ0v) is 11.9. The number of hydrogen-bond donors (Lipinski definition) is 2. The Hall–Kier alpha value is -1.70. The SMILES string of the molecule is CCCC1SCC(C(=O)O)N1C(=O)NCc1ccno1. The van der Waals surface area contributed by atoms with Crippen LogP contribution in [0.3, 0.4) is 0 Å². The summed E-state index contributed by atoms with van der Waals surface area (Å²) in [6, 6.07) is 0.501. The minimum Gasteiger partial charge on any atom is -0.480 e. The summed E-state index contributed by atoms with van der Waals surface area (Å²) in [6.45, 7) is 2.21. The molecule has 110 valence electrons. The summed E-state index contributed by atoms with van der Waals surface area (Å²) in [5.74, 6) is -0.00884. The molecule has 0 bridgehead atoms. The molecule has 8 heteroatoms. The largest absolute Gasteiger partial charge is 0.480 e. The number of aliphatic carboxylic acids is 1. The van der Waals surface area contributed by atoms with Crippen LogP contribution in [-0.4, -0.2) is 44.3 Å². The van der Waals surface area contributed by atoms with Crippen LogP contribution < -0.4 is 5.32 Å². The molecule has 7 nitrogen and oxygen atoms in total. The van der Waals surface area contributed by atoms with E-state index in [1.54, 1.807) is 6.07 Å². The quantitative estimate of drug-likeness (QED) is 0.855. The highest BCUT2D eigenvalue weighted by atomic mass is 32.2. The number of carboxylic acids is 1. The molecule has 2 atom stereocenters. The molecule has 2 heterocycles. The van der Waals surface area contributed by atoms with E-state index in [2.05, 4.69) is 10.5 Å². The molecular formula is C12H17N3O4S. The second-order valence-corrected chi connectivity index (χ2v) is 5.69. The highest BCUT2D eigenvalue weighted by Gasteiger charge is 2.41. The van der Waals surface area contributed by atoms with Crippen molar-refractivity contribution in [2.75, 3.05) is 5.75 Å². The maximum Gasteiger partial charge on any atom is 0.327 e. The molecule has 1 aliphatic rings. The fourth-order valence-corrected chi connectivity index (χ4v) is 3.60. The lowest BCUT2D eigenvalue weighted by atomic mass is 10.2. The minimum absolute atomic E-state index is 0.0872. The molecule has 2 rings (SSSR count). The van der Waals surface area contributed by atoms with Gasteiger partial charge in [0.25, 0.3) is 0 Å². The Bertz CT molecular complexity index is 465. The first-order chi connectivity index (χ1) is 9.63. The lowest BCUT2D eigenvalue weighted by molar-refractivity contribution is -0.141. The fraction of sp³-hybridized carbons (Fsp3) is 0.583. The Morgan fingerprint density at radius 1 is 1.65 bits per heavy atom. The van der Waals surface area contributed by atoms with Crippen LogP contribution in [0.5, 0.6) is 0 Å². The van der Waals surface area contributed by atoms with Crippen LogP contribution in [0.1, 0.15) is 25.5 Å². The van der Waals surface area contributed by atoms with E-state index < -0.39 is 12.0 Å². The standard InChI is InChI=1S/C12H17N3O4S/c1-2-3-10-15(9(7-20-10)11(16)17)12(18)13-6-8-4-5-14-19-8/h4-5,9-10H,2-3,6-7H2,1H3,(H,13,18)(H,16,17). The molecule has 0 radical (unpaired) electrons. The van der Waals surface area contributed by atoms with Crippen LogP contribution in [-0.2, 0) is 11.3 Å². The van der Waals surface area contributed by atoms with Gasteiger partial charge in [-0.3, -0.25) is 4.90 Å². The van der Waals surface area contributed by atoms with E-state index in [4.69, 9.17) is 4.52 Å². The number of carbonyl (C=O) groups excluding carboxylic acids is 1. The topological polar surface area (TPSA) is 95.7 Å². The molecule has 1 aliphatic heterocycles. The molecule has 1 aromatic heterocycles. The van der Waals surface area contributed by atoms with Gasteiger partial charge in [0, 0.05) is 11.8 Å². The number of hydrogen-bond acceptors (Lipinski definition) is 5. The van der Waals surface area contributed by atoms with Gasteiger partial charge in [-0.15, -0.1) is 11.8 Å². The third-order valence-electron chi connectivity index (χ3n) is 3.05. The fourth-order valence-electron chi connectivity index (χ4n) is 2.08. The molecule has 1 saturated heterocycles. The first kappa shape index (κ1) is 14.7. The van der Waals surface area contributed by atoms with E-state index in [-0.39, 0.29) is 17.9 Å². The molecule has 0 saturated carbocycles. The summed E-state index contributed by atoms with van der Waals surface area (Å²) in [7, 11) is 0. The van der Waals surface area contributed by atoms with Crippen molar-refractivity contribution in [1.82, 2.24) is 15.4 Å². The maximum absolute atomic E-state index is 12.2. The first-order valence-corrected chi connectivity index (χ1v) is 7.48. The van der Waals surface area contributed by atoms with Crippen LogP contribution in [0.2, 0.25) is 0 Å². The molecule has 0 aliphatic carbocycles. The Labute approximate surface area is 120 Å². The molecule has 0 aromatic carbocycles. The lowest BCUT2D eigenvalue weighted by Crippen LogP contribution is -2.49. The molecule has 20 heavy (non-hydrogen) atoms. The Balaban J connectivity index is 2.00. The number of amides is 2. The van der Waals surface area contributed by atoms with Crippen LogP contribution >= 0.6 is 11.8 Å². The van der Waals surface area contributed by atoms with E-state index >= 15 is 0 Å². The van der Waals surface area contributed by atoms with Crippen molar-refractivity contribution < 1.29 is 19.2 Å². The van der Waals surface area contributed by atoms with Gasteiger partial charge >= 0.3 is 12.0 Å². The van der Waals surface area contributed by atoms with Crippen molar-refractivity contribution in [1.29, 1.82) is 0 Å². The van der Waals surface area contributed by atoms with Gasteiger partial charge in [-0.1, -0.05) is 18.5 Å². The summed E-state index contributed by atoms with van der Waals surface area (Å²) in [5.41, 5.74) is 0. The van der Waals surface area contributed by atoms with Crippen molar-refractivity contribution in [3.63, 3.8) is 0 Å². The number of thioether (sulfide) groups is 1. The Kier molecular flexibility index (Phi) is 4.89. The molecular weight excluding hydrogens is 282 g/mol. The number of urea groups is 1. The van der Waals surface area contributed by atoms with Gasteiger partial charge in [-0.2, -0.15) is 0 Å². The number of carboxylic acid groups (broad SMARTS) is 1. The van der Waals surface area contributed by atoms with Crippen LogP contribution in [0.25, 0.3) is 0 Å². The van der Waals surface area contributed by atoms with Crippen molar-refractivity contribution >= 4 is 23.8 Å². The monoisotopic (exact) mass is 299 g/mol. The number of nitrogens with one attached hydrogen (secondary N) is 1. The highest BCUT2D eigenvalue weighted by molar-refractivity contribution is 8.00. The van der Waals surface area contributed by atoms with Crippen LogP contribution in [0, 0.1) is 0 Å². The average Bonchev–Trinajstić information content (AvgIpc) is 3.05. The van der Waals surface area contributed by atoms with Gasteiger partial charge in [0.05, 0.1) is 18.1 Å². The van der Waals surface area contributed by atoms with E-state index in [0.29, 0.717) is 11.5 Å². The van der Waals surface area contributed by atoms with Gasteiger partial charge in [0.15, 0.2) is 5.76 Å². The smallest absolute Gasteiger partial charge is 0.327 e. The van der Waals surface area contributed by atoms with Crippen molar-refractivity contribution in [2.45, 2.75) is 37.7 Å². The molecule has 2 unspecified atom stereocenters. The number of nitrogens with zero attached hydrogens (tertiary/aromatic N) is 2. The molecule has 1 fully saturated rings. The van der Waals surface area contributed by atoms with Gasteiger partial charge in [0.2, 0.25) is 0 Å². The van der Waals surface area contributed by atoms with Gasteiger partial charge in [-0.05, 0) is 6.42 Å². The third kappa shape index (κ3) is 3.24. The normalized spacial score (nSPS) is 21.9. The van der Waals surface area contributed by atoms with E-state index in [0.717, 1.165) is 12.8 Å². The molecule has 2 N–H and O–H groups in total. The van der Waals surface area contributed by atoms with Gasteiger partial charge in [0.1, 0.15) is 6.04 Å². The minimum atomic E-state index is -0.967. The summed E-state index contributed by atoms with van der Waals surface area (Å²) >= 11 is 1.51. The van der Waals surface area contributed by atoms with E-state index in [1.165, 1.54) is 22.9 Å². The molecule has 1 aromatic rings. The Morgan fingerprint density at radius 3 is 3.05 bits per heavy atom. The van der Waals surface area contributed by atoms with Gasteiger partial charge in [-0.25, -0.2) is 9.59 Å². The van der Waals surface area contributed by atoms with Crippen molar-refractivity contribution in [3.8, 4) is 0 Å². The number of aromatic nitrogens is 1. The van der Waals surface area contributed by atoms with E-state index in [1.807, 2.05) is 6.92 Å². The van der Waals surface area contributed by atoms with Gasteiger partial charge < -0.3 is 14.9 Å². The van der Waals surface area contributed by atoms with Crippen LogP contribution in [0.4, 0.5) is 4.79 Å². The Morgan fingerprint density at radius 2 is 2.45 bits per heavy atom. The number of rotatable bonds is 5. The zero-order chi connectivity index (χ0) is 14.5. The third-order valence-corrected chi connectivity index (χ3v) is 4.41. The second kappa shape index (κ2) is 6.65. The van der Waals surface area contributed by atoms with Crippen molar-refractivity contribution in [2.24, 2.45) is 0 Å². The summed E-state index contributed by atoms with van der Waals surface area (Å²) in [6.07, 6.45) is 3.17. The summed E-state index contributed by atoms with van der Waals surface area (Å²) in [5, 5.41) is 15.3. The number of carbonyl (C=O) groups is 2. The predicted octanol–water partition coefficient (Wildman–Crippen LogP) is 1.51. The zero-order valence-electron chi connectivity index (χ0n) is 11.1. The molecule has 2 amide bonds. The summed E-state index contributed by atoms with van der Waals surface area (Å²) < 4.78 is 4.89. The predicted molar refractivity (Wildman–Crippen MR) is 73.2 cm³/mol. The van der Waals surface area contributed by atoms with E-state index in [9.17, 15) is 14.7 Å². The maximum atomic E-state index is 12.2. The van der Waals surface area contributed by atoms with Crippen LogP contribution in [0.15, 0.2) is 16.8 Å². The summed E-state index contributed by atoms with van der Waals surface area (Å²) in [4.78, 5) is 24.9. The van der Waals surface area contributed by atoms with Crippen molar-refractivity contribution in [3.05, 3.63) is 18.0 Å². The second-order valence-electron chi connectivity index (χ2n) is 4.48. The molecule has 0 spiro atoms. The first-order valence-electron chi connectivity index (χ1n) is 6.43. The lowest BCUT2D eigenvalue weighted by Gasteiger charge is -2.27.